The van der Waals surface area contributed by atoms with E-state index < -0.39 is 12.2 Å². The average Bonchev–Trinajstić information content (AvgIpc) is 2.12. The number of aliphatic hydroxyl groups is 3. The van der Waals surface area contributed by atoms with Crippen molar-refractivity contribution in [2.45, 2.75) is 39.4 Å². The molecule has 0 saturated heterocycles. The summed E-state index contributed by atoms with van der Waals surface area (Å²) in [5, 5.41) is 27.5. The van der Waals surface area contributed by atoms with Crippen molar-refractivity contribution < 1.29 is 15.3 Å². The molecule has 0 aromatic carbocycles. The SMILES string of the molecule is CC[C@@H](C)[C@@H](O)[C@H](C)[C@H](O)CO. The molecule has 0 spiro atoms. The zero-order chi connectivity index (χ0) is 9.72. The normalized spacial score (nSPS) is 21.5. The van der Waals surface area contributed by atoms with Crippen molar-refractivity contribution in [1.29, 1.82) is 0 Å². The van der Waals surface area contributed by atoms with Gasteiger partial charge >= 0.3 is 0 Å². The first-order valence-electron chi connectivity index (χ1n) is 4.51. The van der Waals surface area contributed by atoms with Crippen molar-refractivity contribution >= 4 is 0 Å². The lowest BCUT2D eigenvalue weighted by Crippen LogP contribution is -2.35. The maximum Gasteiger partial charge on any atom is 0.0821 e. The summed E-state index contributed by atoms with van der Waals surface area (Å²) in [5.41, 5.74) is 0. The van der Waals surface area contributed by atoms with Crippen molar-refractivity contribution in [1.82, 2.24) is 0 Å². The van der Waals surface area contributed by atoms with E-state index in [1.807, 2.05) is 13.8 Å². The van der Waals surface area contributed by atoms with Gasteiger partial charge in [0.2, 0.25) is 0 Å². The zero-order valence-electron chi connectivity index (χ0n) is 8.07. The molecular weight excluding hydrogens is 156 g/mol. The predicted octanol–water partition coefficient (Wildman–Crippen LogP) is 0.383. The van der Waals surface area contributed by atoms with E-state index in [-0.39, 0.29) is 18.4 Å². The molecule has 4 atom stereocenters. The van der Waals surface area contributed by atoms with Crippen molar-refractivity contribution in [2.24, 2.45) is 11.8 Å². The van der Waals surface area contributed by atoms with E-state index in [0.717, 1.165) is 6.42 Å². The molecule has 0 heterocycles. The van der Waals surface area contributed by atoms with Gasteiger partial charge in [-0.3, -0.25) is 0 Å². The second-order valence-electron chi connectivity index (χ2n) is 3.49. The van der Waals surface area contributed by atoms with Crippen LogP contribution >= 0.6 is 0 Å². The van der Waals surface area contributed by atoms with Crippen LogP contribution in [0.4, 0.5) is 0 Å². The molecule has 0 rings (SSSR count). The van der Waals surface area contributed by atoms with Gasteiger partial charge in [-0.2, -0.15) is 0 Å². The third-order valence-corrected chi connectivity index (χ3v) is 2.56. The smallest absolute Gasteiger partial charge is 0.0821 e. The number of hydrogen-bond donors (Lipinski definition) is 3. The summed E-state index contributed by atoms with van der Waals surface area (Å²) < 4.78 is 0. The van der Waals surface area contributed by atoms with Crippen molar-refractivity contribution in [3.63, 3.8) is 0 Å². The highest BCUT2D eigenvalue weighted by Crippen LogP contribution is 2.18. The van der Waals surface area contributed by atoms with E-state index >= 15 is 0 Å². The van der Waals surface area contributed by atoms with Crippen molar-refractivity contribution in [2.75, 3.05) is 6.61 Å². The highest BCUT2D eigenvalue weighted by molar-refractivity contribution is 4.75. The Labute approximate surface area is 74.0 Å². The molecule has 3 N–H and O–H groups in total. The molecule has 0 aromatic heterocycles. The van der Waals surface area contributed by atoms with E-state index in [1.54, 1.807) is 6.92 Å². The fraction of sp³-hybridized carbons (Fsp3) is 1.00. The topological polar surface area (TPSA) is 60.7 Å². The van der Waals surface area contributed by atoms with Gasteiger partial charge in [0.05, 0.1) is 18.8 Å². The van der Waals surface area contributed by atoms with Gasteiger partial charge in [0.15, 0.2) is 0 Å². The summed E-state index contributed by atoms with van der Waals surface area (Å²) in [6, 6.07) is 0. The molecule has 0 aliphatic heterocycles. The Morgan fingerprint density at radius 1 is 1.17 bits per heavy atom. The van der Waals surface area contributed by atoms with Crippen LogP contribution in [0.25, 0.3) is 0 Å². The maximum absolute atomic E-state index is 9.62. The van der Waals surface area contributed by atoms with Crippen LogP contribution in [-0.4, -0.2) is 34.1 Å². The molecule has 0 aromatic rings. The lowest BCUT2D eigenvalue weighted by atomic mass is 9.88. The van der Waals surface area contributed by atoms with Crippen LogP contribution in [-0.2, 0) is 0 Å². The van der Waals surface area contributed by atoms with Crippen molar-refractivity contribution in [3.8, 4) is 0 Å². The molecule has 12 heavy (non-hydrogen) atoms. The van der Waals surface area contributed by atoms with Crippen LogP contribution in [0.5, 0.6) is 0 Å². The van der Waals surface area contributed by atoms with E-state index in [2.05, 4.69) is 0 Å². The van der Waals surface area contributed by atoms with Crippen LogP contribution in [0.1, 0.15) is 27.2 Å². The molecule has 0 amide bonds. The Morgan fingerprint density at radius 3 is 2.00 bits per heavy atom. The highest BCUT2D eigenvalue weighted by atomic mass is 16.3. The fourth-order valence-electron chi connectivity index (χ4n) is 1.15. The molecule has 3 nitrogen and oxygen atoms in total. The lowest BCUT2D eigenvalue weighted by Gasteiger charge is -2.26. The summed E-state index contributed by atoms with van der Waals surface area (Å²) in [6.45, 7) is 5.39. The summed E-state index contributed by atoms with van der Waals surface area (Å²) >= 11 is 0. The maximum atomic E-state index is 9.62. The van der Waals surface area contributed by atoms with E-state index in [4.69, 9.17) is 5.11 Å². The van der Waals surface area contributed by atoms with Gasteiger partial charge in [-0.25, -0.2) is 0 Å². The Balaban J connectivity index is 3.99. The van der Waals surface area contributed by atoms with Crippen LogP contribution in [0.3, 0.4) is 0 Å². The van der Waals surface area contributed by atoms with Gasteiger partial charge in [-0.15, -0.1) is 0 Å². The molecule has 3 heteroatoms. The lowest BCUT2D eigenvalue weighted by molar-refractivity contribution is -0.0290. The predicted molar refractivity (Wildman–Crippen MR) is 47.7 cm³/mol. The average molecular weight is 176 g/mol. The molecule has 0 aliphatic carbocycles. The Kier molecular flexibility index (Phi) is 5.46. The monoisotopic (exact) mass is 176 g/mol. The number of rotatable bonds is 5. The third kappa shape index (κ3) is 3.09. The Bertz CT molecular complexity index is 102. The standard InChI is InChI=1S/C9H20O3/c1-4-6(2)9(12)7(3)8(11)5-10/h6-12H,4-5H2,1-3H3/t6-,7-,8-,9-/m1/s1. The molecule has 0 saturated carbocycles. The third-order valence-electron chi connectivity index (χ3n) is 2.56. The summed E-state index contributed by atoms with van der Waals surface area (Å²) in [4.78, 5) is 0. The first-order chi connectivity index (χ1) is 5.54. The second kappa shape index (κ2) is 5.51. The van der Waals surface area contributed by atoms with Gasteiger partial charge < -0.3 is 15.3 Å². The highest BCUT2D eigenvalue weighted by Gasteiger charge is 2.25. The molecule has 0 aliphatic rings. The number of hydrogen-bond acceptors (Lipinski definition) is 3. The molecule has 74 valence electrons. The summed E-state index contributed by atoms with van der Waals surface area (Å²) in [7, 11) is 0. The fourth-order valence-corrected chi connectivity index (χ4v) is 1.15. The van der Waals surface area contributed by atoms with Gasteiger partial charge in [0.25, 0.3) is 0 Å². The minimum Gasteiger partial charge on any atom is -0.394 e. The van der Waals surface area contributed by atoms with E-state index in [0.29, 0.717) is 0 Å². The summed E-state index contributed by atoms with van der Waals surface area (Å²) in [6.07, 6.45) is -0.463. The first-order valence-corrected chi connectivity index (χ1v) is 4.51. The minimum absolute atomic E-state index is 0.168. The van der Waals surface area contributed by atoms with Crippen molar-refractivity contribution in [3.05, 3.63) is 0 Å². The Hall–Kier alpha value is -0.120. The van der Waals surface area contributed by atoms with E-state index in [9.17, 15) is 10.2 Å². The van der Waals surface area contributed by atoms with Crippen LogP contribution in [0.15, 0.2) is 0 Å². The van der Waals surface area contributed by atoms with Gasteiger partial charge in [0, 0.05) is 5.92 Å². The van der Waals surface area contributed by atoms with Gasteiger partial charge in [-0.1, -0.05) is 27.2 Å². The quantitative estimate of drug-likeness (QED) is 0.567. The molecule has 0 fully saturated rings. The minimum atomic E-state index is -0.811. The van der Waals surface area contributed by atoms with Crippen LogP contribution < -0.4 is 0 Å². The Morgan fingerprint density at radius 2 is 1.67 bits per heavy atom. The van der Waals surface area contributed by atoms with Gasteiger partial charge in [-0.05, 0) is 5.92 Å². The van der Waals surface area contributed by atoms with Crippen LogP contribution in [0.2, 0.25) is 0 Å². The molecule has 0 radical (unpaired) electrons. The first kappa shape index (κ1) is 11.9. The van der Waals surface area contributed by atoms with E-state index in [1.165, 1.54) is 0 Å². The summed E-state index contributed by atoms with van der Waals surface area (Å²) in [5.74, 6) is -0.0915. The second-order valence-corrected chi connectivity index (χ2v) is 3.49. The largest absolute Gasteiger partial charge is 0.394 e. The zero-order valence-corrected chi connectivity index (χ0v) is 8.07. The van der Waals surface area contributed by atoms with Crippen LogP contribution in [0, 0.1) is 11.8 Å². The molecule has 0 unspecified atom stereocenters. The van der Waals surface area contributed by atoms with Gasteiger partial charge in [0.1, 0.15) is 0 Å². The molecular formula is C9H20O3. The number of aliphatic hydroxyl groups excluding tert-OH is 3. The molecule has 0 bridgehead atoms.